The van der Waals surface area contributed by atoms with E-state index in [9.17, 15) is 13.6 Å². The summed E-state index contributed by atoms with van der Waals surface area (Å²) in [6.45, 7) is 3.78. The summed E-state index contributed by atoms with van der Waals surface area (Å²) >= 11 is 4.62. The Kier molecular flexibility index (Phi) is 3.45. The highest BCUT2D eigenvalue weighted by molar-refractivity contribution is 6.32. The van der Waals surface area contributed by atoms with E-state index in [2.05, 4.69) is 11.6 Å². The highest BCUT2D eigenvalue weighted by Gasteiger charge is 2.34. The zero-order valence-electron chi connectivity index (χ0n) is 8.48. The van der Waals surface area contributed by atoms with Crippen LogP contribution in [0.25, 0.3) is 0 Å². The van der Waals surface area contributed by atoms with Gasteiger partial charge in [-0.05, 0) is 42.1 Å². The predicted octanol–water partition coefficient (Wildman–Crippen LogP) is 3.25. The van der Waals surface area contributed by atoms with E-state index < -0.39 is 11.2 Å². The second-order valence-electron chi connectivity index (χ2n) is 3.52. The van der Waals surface area contributed by atoms with Crippen LogP contribution in [0.3, 0.4) is 0 Å². The van der Waals surface area contributed by atoms with Crippen molar-refractivity contribution in [1.29, 1.82) is 0 Å². The number of carbonyl (C=O) groups excluding carboxylic acids is 1. The fourth-order valence-electron chi connectivity index (χ4n) is 1.20. The van der Waals surface area contributed by atoms with Gasteiger partial charge in [-0.15, -0.1) is 0 Å². The van der Waals surface area contributed by atoms with Crippen LogP contribution in [0.1, 0.15) is 16.7 Å². The molecule has 0 bridgehead atoms. The lowest BCUT2D eigenvalue weighted by atomic mass is 10.0. The number of carbonyl (C=O) groups is 1. The van der Waals surface area contributed by atoms with E-state index in [1.807, 2.05) is 13.8 Å². The summed E-state index contributed by atoms with van der Waals surface area (Å²) in [5, 5.41) is -3.77. The predicted molar refractivity (Wildman–Crippen MR) is 55.4 cm³/mol. The summed E-state index contributed by atoms with van der Waals surface area (Å²) in [5.74, 6) is -1.27. The summed E-state index contributed by atoms with van der Waals surface area (Å²) in [4.78, 5) is 10.9. The molecule has 0 atom stereocenters. The molecule has 0 N–H and O–H groups in total. The average molecular weight is 233 g/mol. The van der Waals surface area contributed by atoms with Crippen molar-refractivity contribution in [3.05, 3.63) is 34.9 Å². The summed E-state index contributed by atoms with van der Waals surface area (Å²) < 4.78 is 24.8. The molecule has 0 heterocycles. The molecule has 0 aliphatic rings. The van der Waals surface area contributed by atoms with Crippen LogP contribution in [-0.2, 0) is 11.2 Å². The van der Waals surface area contributed by atoms with Crippen LogP contribution >= 0.6 is 11.6 Å². The van der Waals surface area contributed by atoms with Crippen LogP contribution in [0, 0.1) is 13.8 Å². The topological polar surface area (TPSA) is 17.1 Å². The standard InChI is InChI=1S/C11H11ClF2O/c1-7-3-4-9(5-8(7)2)6-10(15)11(12,13)14/h3-5H,6H2,1-2H3. The van der Waals surface area contributed by atoms with Gasteiger partial charge in [0.1, 0.15) is 0 Å². The molecule has 0 aliphatic heterocycles. The van der Waals surface area contributed by atoms with Crippen LogP contribution in [-0.4, -0.2) is 11.2 Å². The molecule has 0 unspecified atom stereocenters. The van der Waals surface area contributed by atoms with Gasteiger partial charge in [-0.1, -0.05) is 18.2 Å². The summed E-state index contributed by atoms with van der Waals surface area (Å²) in [7, 11) is 0. The van der Waals surface area contributed by atoms with Crippen molar-refractivity contribution >= 4 is 17.4 Å². The van der Waals surface area contributed by atoms with Crippen molar-refractivity contribution in [2.24, 2.45) is 0 Å². The molecule has 4 heteroatoms. The van der Waals surface area contributed by atoms with E-state index in [4.69, 9.17) is 0 Å². The van der Waals surface area contributed by atoms with Crippen molar-refractivity contribution in [3.8, 4) is 0 Å². The van der Waals surface area contributed by atoms with E-state index in [0.29, 0.717) is 5.56 Å². The molecule has 0 aliphatic carbocycles. The Hall–Kier alpha value is -0.960. The van der Waals surface area contributed by atoms with Gasteiger partial charge in [0.05, 0.1) is 0 Å². The molecular weight excluding hydrogens is 222 g/mol. The Morgan fingerprint density at radius 2 is 1.93 bits per heavy atom. The smallest absolute Gasteiger partial charge is 0.291 e. The van der Waals surface area contributed by atoms with Crippen LogP contribution in [0.2, 0.25) is 0 Å². The van der Waals surface area contributed by atoms with Gasteiger partial charge in [0.25, 0.3) is 0 Å². The zero-order chi connectivity index (χ0) is 11.6. The lowest BCUT2D eigenvalue weighted by molar-refractivity contribution is -0.132. The molecule has 1 aromatic rings. The summed E-state index contributed by atoms with van der Waals surface area (Å²) in [6, 6.07) is 5.17. The average Bonchev–Trinajstić information content (AvgIpc) is 2.10. The van der Waals surface area contributed by atoms with E-state index in [-0.39, 0.29) is 6.42 Å². The maximum atomic E-state index is 12.4. The van der Waals surface area contributed by atoms with Gasteiger partial charge in [-0.3, -0.25) is 4.79 Å². The Labute approximate surface area is 92.1 Å². The fraction of sp³-hybridized carbons (Fsp3) is 0.364. The molecule has 0 amide bonds. The first-order chi connectivity index (χ1) is 6.80. The van der Waals surface area contributed by atoms with Gasteiger partial charge >= 0.3 is 5.38 Å². The quantitative estimate of drug-likeness (QED) is 0.732. The molecule has 0 aromatic heterocycles. The number of ketones is 1. The molecule has 0 spiro atoms. The van der Waals surface area contributed by atoms with Gasteiger partial charge in [-0.2, -0.15) is 8.78 Å². The maximum absolute atomic E-state index is 12.4. The van der Waals surface area contributed by atoms with Gasteiger partial charge in [0, 0.05) is 6.42 Å². The molecule has 0 fully saturated rings. The second-order valence-corrected chi connectivity index (χ2v) is 3.99. The highest BCUT2D eigenvalue weighted by atomic mass is 35.5. The molecule has 0 saturated heterocycles. The number of hydrogen-bond acceptors (Lipinski definition) is 1. The number of benzene rings is 1. The zero-order valence-corrected chi connectivity index (χ0v) is 9.24. The van der Waals surface area contributed by atoms with E-state index in [1.54, 1.807) is 18.2 Å². The van der Waals surface area contributed by atoms with Gasteiger partial charge in [0.15, 0.2) is 0 Å². The Morgan fingerprint density at radius 3 is 2.40 bits per heavy atom. The lowest BCUT2D eigenvalue weighted by Gasteiger charge is -2.07. The van der Waals surface area contributed by atoms with Gasteiger partial charge < -0.3 is 0 Å². The Bertz CT molecular complexity index is 383. The van der Waals surface area contributed by atoms with Crippen molar-refractivity contribution in [1.82, 2.24) is 0 Å². The van der Waals surface area contributed by atoms with Crippen molar-refractivity contribution < 1.29 is 13.6 Å². The maximum Gasteiger partial charge on any atom is 0.380 e. The molecule has 1 aromatic carbocycles. The molecular formula is C11H11ClF2O. The number of aryl methyl sites for hydroxylation is 2. The minimum absolute atomic E-state index is 0.336. The second kappa shape index (κ2) is 4.27. The highest BCUT2D eigenvalue weighted by Crippen LogP contribution is 2.22. The monoisotopic (exact) mass is 232 g/mol. The number of hydrogen-bond donors (Lipinski definition) is 0. The van der Waals surface area contributed by atoms with Crippen molar-refractivity contribution in [2.75, 3.05) is 0 Å². The fourth-order valence-corrected chi connectivity index (χ4v) is 1.27. The normalized spacial score (nSPS) is 11.5. The number of alkyl halides is 3. The van der Waals surface area contributed by atoms with Gasteiger partial charge in [-0.25, -0.2) is 0 Å². The molecule has 1 rings (SSSR count). The first-order valence-electron chi connectivity index (χ1n) is 4.47. The van der Waals surface area contributed by atoms with Crippen molar-refractivity contribution in [2.45, 2.75) is 25.7 Å². The minimum Gasteiger partial charge on any atom is -0.291 e. The first kappa shape index (κ1) is 12.1. The van der Waals surface area contributed by atoms with Crippen LogP contribution in [0.4, 0.5) is 8.78 Å². The lowest BCUT2D eigenvalue weighted by Crippen LogP contribution is -2.23. The number of halogens is 3. The van der Waals surface area contributed by atoms with Crippen molar-refractivity contribution in [3.63, 3.8) is 0 Å². The van der Waals surface area contributed by atoms with E-state index >= 15 is 0 Å². The summed E-state index contributed by atoms with van der Waals surface area (Å²) in [6.07, 6.45) is -0.336. The molecule has 1 nitrogen and oxygen atoms in total. The number of rotatable bonds is 3. The third kappa shape index (κ3) is 3.27. The molecule has 15 heavy (non-hydrogen) atoms. The first-order valence-corrected chi connectivity index (χ1v) is 4.84. The largest absolute Gasteiger partial charge is 0.380 e. The minimum atomic E-state index is -3.77. The molecule has 0 saturated carbocycles. The summed E-state index contributed by atoms with van der Waals surface area (Å²) in [5.41, 5.74) is 2.59. The van der Waals surface area contributed by atoms with E-state index in [1.165, 1.54) is 0 Å². The third-order valence-electron chi connectivity index (χ3n) is 2.25. The Morgan fingerprint density at radius 1 is 1.33 bits per heavy atom. The molecule has 0 radical (unpaired) electrons. The van der Waals surface area contributed by atoms with Crippen LogP contribution in [0.5, 0.6) is 0 Å². The van der Waals surface area contributed by atoms with Crippen LogP contribution < -0.4 is 0 Å². The third-order valence-corrected chi connectivity index (χ3v) is 2.46. The SMILES string of the molecule is Cc1ccc(CC(=O)C(F)(F)Cl)cc1C. The van der Waals surface area contributed by atoms with E-state index in [0.717, 1.165) is 11.1 Å². The number of Topliss-reactive ketones (excluding diaryl/α,β-unsaturated/α-hetero) is 1. The van der Waals surface area contributed by atoms with Gasteiger partial charge in [0.2, 0.25) is 5.78 Å². The van der Waals surface area contributed by atoms with Crippen LogP contribution in [0.15, 0.2) is 18.2 Å². The Balaban J connectivity index is 2.83. The molecule has 82 valence electrons.